The van der Waals surface area contributed by atoms with Crippen molar-refractivity contribution in [3.8, 4) is 0 Å². The zero-order valence-corrected chi connectivity index (χ0v) is 11.4. The van der Waals surface area contributed by atoms with E-state index in [1.165, 1.54) is 4.90 Å². The summed E-state index contributed by atoms with van der Waals surface area (Å²) in [4.78, 5) is 25.6. The van der Waals surface area contributed by atoms with Gasteiger partial charge in [0.05, 0.1) is 18.7 Å². The van der Waals surface area contributed by atoms with Crippen LogP contribution in [0.4, 0.5) is 5.82 Å². The highest BCUT2D eigenvalue weighted by molar-refractivity contribution is 7.09. The third-order valence-electron chi connectivity index (χ3n) is 3.33. The van der Waals surface area contributed by atoms with Crippen molar-refractivity contribution in [3.63, 3.8) is 0 Å². The van der Waals surface area contributed by atoms with Gasteiger partial charge in [0.25, 0.3) is 0 Å². The van der Waals surface area contributed by atoms with Crippen LogP contribution in [0.1, 0.15) is 11.3 Å². The van der Waals surface area contributed by atoms with Crippen molar-refractivity contribution in [1.82, 2.24) is 9.78 Å². The average Bonchev–Trinajstić information content (AvgIpc) is 3.10. The molecule has 2 aromatic heterocycles. The molecule has 20 heavy (non-hydrogen) atoms. The Bertz CT molecular complexity index is 635. The molecule has 1 unspecified atom stereocenters. The molecule has 1 aliphatic rings. The maximum Gasteiger partial charge on any atom is 0.308 e. The molecule has 1 N–H and O–H groups in total. The summed E-state index contributed by atoms with van der Waals surface area (Å²) < 4.78 is 1.73. The number of amides is 1. The van der Waals surface area contributed by atoms with Crippen molar-refractivity contribution < 1.29 is 14.7 Å². The third kappa shape index (κ3) is 2.32. The van der Waals surface area contributed by atoms with E-state index < -0.39 is 11.9 Å². The van der Waals surface area contributed by atoms with Gasteiger partial charge < -0.3 is 5.11 Å². The Morgan fingerprint density at radius 2 is 2.35 bits per heavy atom. The first kappa shape index (κ1) is 12.9. The summed E-state index contributed by atoms with van der Waals surface area (Å²) in [7, 11) is 0. The Morgan fingerprint density at radius 1 is 1.50 bits per heavy atom. The number of carbonyl (C=O) groups is 2. The lowest BCUT2D eigenvalue weighted by Crippen LogP contribution is -2.28. The number of aliphatic carboxylic acids is 1. The summed E-state index contributed by atoms with van der Waals surface area (Å²) in [6, 6.07) is 5.71. The van der Waals surface area contributed by atoms with E-state index in [1.807, 2.05) is 17.5 Å². The van der Waals surface area contributed by atoms with Gasteiger partial charge in [-0.05, 0) is 11.4 Å². The van der Waals surface area contributed by atoms with Gasteiger partial charge in [0.2, 0.25) is 5.91 Å². The minimum Gasteiger partial charge on any atom is -0.481 e. The Kier molecular flexibility index (Phi) is 3.27. The molecule has 1 aliphatic heterocycles. The lowest BCUT2D eigenvalue weighted by molar-refractivity contribution is -0.141. The van der Waals surface area contributed by atoms with Crippen LogP contribution in [0.15, 0.2) is 29.8 Å². The maximum atomic E-state index is 12.0. The minimum absolute atomic E-state index is 0.0551. The zero-order valence-electron chi connectivity index (χ0n) is 10.6. The molecule has 0 bridgehead atoms. The Labute approximate surface area is 119 Å². The molecule has 0 spiro atoms. The van der Waals surface area contributed by atoms with Crippen LogP contribution in [0.25, 0.3) is 0 Å². The monoisotopic (exact) mass is 291 g/mol. The van der Waals surface area contributed by atoms with Crippen molar-refractivity contribution >= 4 is 29.0 Å². The standard InChI is InChI=1S/C13H13N3O3S/c17-12-6-9(13(18)19)7-15(12)11-3-4-14-16(11)8-10-2-1-5-20-10/h1-5,9H,6-8H2,(H,18,19). The fourth-order valence-electron chi connectivity index (χ4n) is 2.32. The second-order valence-electron chi connectivity index (χ2n) is 4.67. The number of hydrogen-bond donors (Lipinski definition) is 1. The quantitative estimate of drug-likeness (QED) is 0.924. The van der Waals surface area contributed by atoms with Gasteiger partial charge in [-0.15, -0.1) is 11.3 Å². The van der Waals surface area contributed by atoms with Crippen LogP contribution in [0, 0.1) is 5.92 Å². The van der Waals surface area contributed by atoms with E-state index >= 15 is 0 Å². The van der Waals surface area contributed by atoms with Crippen LogP contribution in [-0.4, -0.2) is 33.3 Å². The fourth-order valence-corrected chi connectivity index (χ4v) is 3.01. The van der Waals surface area contributed by atoms with Crippen LogP contribution in [-0.2, 0) is 16.1 Å². The third-order valence-corrected chi connectivity index (χ3v) is 4.19. The Morgan fingerprint density at radius 3 is 3.00 bits per heavy atom. The lowest BCUT2D eigenvalue weighted by Gasteiger charge is -2.17. The second-order valence-corrected chi connectivity index (χ2v) is 5.70. The first-order chi connectivity index (χ1) is 9.65. The summed E-state index contributed by atoms with van der Waals surface area (Å²) in [6.45, 7) is 0.797. The molecule has 0 aromatic carbocycles. The number of anilines is 1. The molecule has 0 saturated carbocycles. The number of carbonyl (C=O) groups excluding carboxylic acids is 1. The Balaban J connectivity index is 1.83. The fraction of sp³-hybridized carbons (Fsp3) is 0.308. The van der Waals surface area contributed by atoms with Gasteiger partial charge in [-0.25, -0.2) is 4.68 Å². The molecule has 3 rings (SSSR count). The molecule has 1 amide bonds. The maximum absolute atomic E-state index is 12.0. The van der Waals surface area contributed by atoms with E-state index in [0.29, 0.717) is 12.4 Å². The Hall–Kier alpha value is -2.15. The molecule has 2 aromatic rings. The number of rotatable bonds is 4. The normalized spacial score (nSPS) is 18.7. The lowest BCUT2D eigenvalue weighted by atomic mass is 10.1. The molecule has 1 atom stereocenters. The number of aromatic nitrogens is 2. The van der Waals surface area contributed by atoms with Crippen LogP contribution in [0.5, 0.6) is 0 Å². The highest BCUT2D eigenvalue weighted by atomic mass is 32.1. The van der Waals surface area contributed by atoms with E-state index in [2.05, 4.69) is 5.10 Å². The smallest absolute Gasteiger partial charge is 0.308 e. The highest BCUT2D eigenvalue weighted by Gasteiger charge is 2.36. The number of thiophene rings is 1. The molecule has 1 fully saturated rings. The predicted octanol–water partition coefficient (Wildman–Crippen LogP) is 1.43. The van der Waals surface area contributed by atoms with Gasteiger partial charge in [-0.3, -0.25) is 14.5 Å². The van der Waals surface area contributed by atoms with Gasteiger partial charge in [-0.1, -0.05) is 6.07 Å². The van der Waals surface area contributed by atoms with Gasteiger partial charge in [0.1, 0.15) is 5.82 Å². The molecule has 0 radical (unpaired) electrons. The summed E-state index contributed by atoms with van der Waals surface area (Å²) in [5.74, 6) is -1.06. The van der Waals surface area contributed by atoms with Gasteiger partial charge in [0, 0.05) is 23.9 Å². The molecule has 1 saturated heterocycles. The highest BCUT2D eigenvalue weighted by Crippen LogP contribution is 2.26. The van der Waals surface area contributed by atoms with E-state index in [4.69, 9.17) is 5.11 Å². The summed E-state index contributed by atoms with van der Waals surface area (Å²) in [6.07, 6.45) is 1.68. The van der Waals surface area contributed by atoms with E-state index in [9.17, 15) is 9.59 Å². The van der Waals surface area contributed by atoms with Crippen molar-refractivity contribution in [2.75, 3.05) is 11.4 Å². The van der Waals surface area contributed by atoms with Gasteiger partial charge >= 0.3 is 5.97 Å². The molecular weight excluding hydrogens is 278 g/mol. The van der Waals surface area contributed by atoms with Gasteiger partial charge in [0.15, 0.2) is 0 Å². The molecule has 7 heteroatoms. The zero-order chi connectivity index (χ0) is 14.1. The van der Waals surface area contributed by atoms with E-state index in [1.54, 1.807) is 28.3 Å². The van der Waals surface area contributed by atoms with Crippen LogP contribution in [0.3, 0.4) is 0 Å². The van der Waals surface area contributed by atoms with E-state index in [-0.39, 0.29) is 18.9 Å². The van der Waals surface area contributed by atoms with Crippen molar-refractivity contribution in [2.45, 2.75) is 13.0 Å². The van der Waals surface area contributed by atoms with Crippen LogP contribution >= 0.6 is 11.3 Å². The van der Waals surface area contributed by atoms with Crippen molar-refractivity contribution in [2.24, 2.45) is 5.92 Å². The van der Waals surface area contributed by atoms with Crippen LogP contribution in [0.2, 0.25) is 0 Å². The minimum atomic E-state index is -0.926. The SMILES string of the molecule is O=C(O)C1CC(=O)N(c2ccnn2Cc2cccs2)C1. The molecule has 3 heterocycles. The largest absolute Gasteiger partial charge is 0.481 e. The summed E-state index contributed by atoms with van der Waals surface area (Å²) in [5, 5.41) is 15.2. The summed E-state index contributed by atoms with van der Waals surface area (Å²) in [5.41, 5.74) is 0. The average molecular weight is 291 g/mol. The van der Waals surface area contributed by atoms with Crippen LogP contribution < -0.4 is 4.90 Å². The number of carboxylic acid groups (broad SMARTS) is 1. The summed E-state index contributed by atoms with van der Waals surface area (Å²) >= 11 is 1.62. The number of hydrogen-bond acceptors (Lipinski definition) is 4. The first-order valence-corrected chi connectivity index (χ1v) is 7.10. The molecular formula is C13H13N3O3S. The molecule has 0 aliphatic carbocycles. The van der Waals surface area contributed by atoms with Crippen molar-refractivity contribution in [3.05, 3.63) is 34.7 Å². The second kappa shape index (κ2) is 5.09. The first-order valence-electron chi connectivity index (χ1n) is 6.22. The number of nitrogens with zero attached hydrogens (tertiary/aromatic N) is 3. The van der Waals surface area contributed by atoms with Gasteiger partial charge in [-0.2, -0.15) is 5.10 Å². The topological polar surface area (TPSA) is 75.4 Å². The molecule has 104 valence electrons. The molecule has 6 nitrogen and oxygen atoms in total. The number of carboxylic acids is 1. The van der Waals surface area contributed by atoms with Crippen molar-refractivity contribution in [1.29, 1.82) is 0 Å². The van der Waals surface area contributed by atoms with E-state index in [0.717, 1.165) is 4.88 Å². The predicted molar refractivity (Wildman–Crippen MR) is 73.7 cm³/mol.